The molecule has 2 rings (SSSR count). The van der Waals surface area contributed by atoms with E-state index in [0.29, 0.717) is 0 Å². The number of aromatic nitrogens is 2. The number of nitrogens with zero attached hydrogens (tertiary/aromatic N) is 2. The number of rotatable bonds is 0. The smallest absolute Gasteiger partial charge is 0.114 e. The summed E-state index contributed by atoms with van der Waals surface area (Å²) in [5.74, 6) is 0. The molecule has 0 aliphatic carbocycles. The molecule has 0 aliphatic heterocycles. The molecular formula is C6H2N2S. The molecule has 2 radical (unpaired) electrons. The molecule has 1 aromatic heterocycles. The van der Waals surface area contributed by atoms with Gasteiger partial charge in [-0.15, -0.1) is 5.10 Å². The van der Waals surface area contributed by atoms with Crippen molar-refractivity contribution in [2.45, 2.75) is 0 Å². The number of fused-ring (bicyclic) bond motifs is 1. The lowest BCUT2D eigenvalue weighted by atomic mass is 10.3. The van der Waals surface area contributed by atoms with Gasteiger partial charge >= 0.3 is 0 Å². The van der Waals surface area contributed by atoms with Gasteiger partial charge in [0.2, 0.25) is 0 Å². The number of hydrogen-bond donors (Lipinski definition) is 0. The summed E-state index contributed by atoms with van der Waals surface area (Å²) in [7, 11) is 0. The molecule has 0 aliphatic rings. The molecule has 2 aromatic rings. The minimum atomic E-state index is 0.808. The molecule has 0 fully saturated rings. The van der Waals surface area contributed by atoms with Crippen molar-refractivity contribution in [2.24, 2.45) is 0 Å². The van der Waals surface area contributed by atoms with Gasteiger partial charge in [0.05, 0.1) is 4.70 Å². The average Bonchev–Trinajstić information content (AvgIpc) is 2.33. The molecule has 0 spiro atoms. The summed E-state index contributed by atoms with van der Waals surface area (Å²) in [5.41, 5.74) is 0.808. The highest BCUT2D eigenvalue weighted by molar-refractivity contribution is 7.12. The van der Waals surface area contributed by atoms with Gasteiger partial charge in [0.15, 0.2) is 0 Å². The summed E-state index contributed by atoms with van der Waals surface area (Å²) in [6.45, 7) is 0. The molecule has 0 saturated carbocycles. The maximum atomic E-state index is 3.80. The molecule has 0 saturated heterocycles. The van der Waals surface area contributed by atoms with E-state index < -0.39 is 0 Å². The second-order valence-electron chi connectivity index (χ2n) is 1.59. The molecular weight excluding hydrogens is 132 g/mol. The molecule has 9 heavy (non-hydrogen) atoms. The summed E-state index contributed by atoms with van der Waals surface area (Å²) in [4.78, 5) is 0. The van der Waals surface area contributed by atoms with Crippen LogP contribution < -0.4 is 0 Å². The Morgan fingerprint density at radius 3 is 3.44 bits per heavy atom. The van der Waals surface area contributed by atoms with Gasteiger partial charge in [0.25, 0.3) is 0 Å². The molecule has 0 bridgehead atoms. The van der Waals surface area contributed by atoms with Gasteiger partial charge in [-0.1, -0.05) is 10.6 Å². The third kappa shape index (κ3) is 0.695. The van der Waals surface area contributed by atoms with E-state index in [-0.39, 0.29) is 0 Å². The minimum absolute atomic E-state index is 0.808. The maximum absolute atomic E-state index is 3.80. The molecule has 0 N–H and O–H groups in total. The molecule has 0 atom stereocenters. The van der Waals surface area contributed by atoms with Crippen LogP contribution in [0.5, 0.6) is 0 Å². The zero-order chi connectivity index (χ0) is 6.10. The van der Waals surface area contributed by atoms with Gasteiger partial charge in [-0.2, -0.15) is 0 Å². The molecule has 1 heterocycles. The second kappa shape index (κ2) is 1.77. The Morgan fingerprint density at radius 1 is 1.56 bits per heavy atom. The van der Waals surface area contributed by atoms with E-state index in [1.807, 2.05) is 12.1 Å². The topological polar surface area (TPSA) is 25.8 Å². The maximum Gasteiger partial charge on any atom is 0.114 e. The van der Waals surface area contributed by atoms with Gasteiger partial charge in [-0.05, 0) is 23.7 Å². The first kappa shape index (κ1) is 4.88. The van der Waals surface area contributed by atoms with Gasteiger partial charge in [0, 0.05) is 6.07 Å². The highest BCUT2D eigenvalue weighted by atomic mass is 32.1. The van der Waals surface area contributed by atoms with E-state index >= 15 is 0 Å². The first-order valence-electron chi connectivity index (χ1n) is 2.47. The van der Waals surface area contributed by atoms with E-state index in [2.05, 4.69) is 21.7 Å². The highest BCUT2D eigenvalue weighted by Gasteiger charge is 1.92. The summed E-state index contributed by atoms with van der Waals surface area (Å²) in [5, 5.41) is 3.80. The summed E-state index contributed by atoms with van der Waals surface area (Å²) >= 11 is 1.37. The van der Waals surface area contributed by atoms with Gasteiger partial charge in [-0.25, -0.2) is 0 Å². The van der Waals surface area contributed by atoms with Gasteiger partial charge in [0.1, 0.15) is 5.52 Å². The van der Waals surface area contributed by atoms with Crippen LogP contribution in [0.3, 0.4) is 0 Å². The van der Waals surface area contributed by atoms with Crippen molar-refractivity contribution in [3.63, 3.8) is 0 Å². The summed E-state index contributed by atoms with van der Waals surface area (Å²) in [6, 6.07) is 9.38. The van der Waals surface area contributed by atoms with Crippen LogP contribution in [0.25, 0.3) is 10.2 Å². The van der Waals surface area contributed by atoms with Gasteiger partial charge < -0.3 is 0 Å². The van der Waals surface area contributed by atoms with Crippen molar-refractivity contribution >= 4 is 21.7 Å². The zero-order valence-electron chi connectivity index (χ0n) is 4.46. The van der Waals surface area contributed by atoms with Crippen molar-refractivity contribution in [3.05, 3.63) is 24.3 Å². The fourth-order valence-electron chi connectivity index (χ4n) is 0.621. The van der Waals surface area contributed by atoms with E-state index in [4.69, 9.17) is 0 Å². The monoisotopic (exact) mass is 134 g/mol. The molecule has 42 valence electrons. The SMILES string of the molecule is [c]1[c]c2nnsc2cc1. The predicted molar refractivity (Wildman–Crippen MR) is 35.1 cm³/mol. The van der Waals surface area contributed by atoms with Crippen molar-refractivity contribution in [1.29, 1.82) is 0 Å². The summed E-state index contributed by atoms with van der Waals surface area (Å²) in [6.07, 6.45) is 0. The van der Waals surface area contributed by atoms with E-state index in [1.165, 1.54) is 11.5 Å². The Morgan fingerprint density at radius 2 is 2.56 bits per heavy atom. The minimum Gasteiger partial charge on any atom is -0.137 e. The van der Waals surface area contributed by atoms with Crippen LogP contribution in [0.15, 0.2) is 12.1 Å². The lowest BCUT2D eigenvalue weighted by molar-refractivity contribution is 1.20. The van der Waals surface area contributed by atoms with E-state index in [9.17, 15) is 0 Å². The van der Waals surface area contributed by atoms with Crippen molar-refractivity contribution in [2.75, 3.05) is 0 Å². The lowest BCUT2D eigenvalue weighted by Gasteiger charge is -1.76. The van der Waals surface area contributed by atoms with Crippen LogP contribution in [-0.2, 0) is 0 Å². The summed E-state index contributed by atoms with van der Waals surface area (Å²) < 4.78 is 4.81. The fraction of sp³-hybridized carbons (Fsp3) is 0. The molecule has 0 unspecified atom stereocenters. The fourth-order valence-corrected chi connectivity index (χ4v) is 1.14. The number of hydrogen-bond acceptors (Lipinski definition) is 3. The second-order valence-corrected chi connectivity index (χ2v) is 2.37. The van der Waals surface area contributed by atoms with Crippen molar-refractivity contribution in [1.82, 2.24) is 9.59 Å². The van der Waals surface area contributed by atoms with E-state index in [1.54, 1.807) is 0 Å². The molecule has 2 nitrogen and oxygen atoms in total. The quantitative estimate of drug-likeness (QED) is 0.542. The zero-order valence-corrected chi connectivity index (χ0v) is 5.27. The standard InChI is InChI=1S/C6H2N2S/c1-2-4-6-5(3-1)7-8-9-6/h2,4H. The highest BCUT2D eigenvalue weighted by Crippen LogP contribution is 2.11. The van der Waals surface area contributed by atoms with Gasteiger partial charge in [-0.3, -0.25) is 0 Å². The van der Waals surface area contributed by atoms with Crippen LogP contribution in [0.1, 0.15) is 0 Å². The molecule has 3 heteroatoms. The molecule has 1 aromatic carbocycles. The normalized spacial score (nSPS) is 10.2. The molecule has 0 amide bonds. The van der Waals surface area contributed by atoms with E-state index in [0.717, 1.165) is 10.2 Å². The predicted octanol–water partition coefficient (Wildman–Crippen LogP) is 1.29. The third-order valence-corrected chi connectivity index (χ3v) is 1.71. The first-order valence-corrected chi connectivity index (χ1v) is 3.24. The Bertz CT molecular complexity index is 285. The van der Waals surface area contributed by atoms with Crippen LogP contribution in [0, 0.1) is 12.1 Å². The van der Waals surface area contributed by atoms with Crippen LogP contribution in [0.4, 0.5) is 0 Å². The van der Waals surface area contributed by atoms with Crippen LogP contribution in [-0.4, -0.2) is 9.59 Å². The van der Waals surface area contributed by atoms with Crippen molar-refractivity contribution < 1.29 is 0 Å². The third-order valence-electron chi connectivity index (χ3n) is 1.02. The largest absolute Gasteiger partial charge is 0.137 e. The Labute approximate surface area is 56.3 Å². The van der Waals surface area contributed by atoms with Crippen molar-refractivity contribution in [3.8, 4) is 0 Å². The lowest BCUT2D eigenvalue weighted by Crippen LogP contribution is -1.65. The van der Waals surface area contributed by atoms with Crippen LogP contribution in [0.2, 0.25) is 0 Å². The number of benzene rings is 1. The van der Waals surface area contributed by atoms with Crippen LogP contribution >= 0.6 is 11.5 Å². The Balaban J connectivity index is 2.95. The average molecular weight is 134 g/mol. The Kier molecular flexibility index (Phi) is 0.960. The first-order chi connectivity index (χ1) is 4.47. The Hall–Kier alpha value is -0.960.